The molecule has 20 heavy (non-hydrogen) atoms. The highest BCUT2D eigenvalue weighted by Gasteiger charge is 2.36. The lowest BCUT2D eigenvalue weighted by Crippen LogP contribution is -2.33. The molecule has 1 unspecified atom stereocenters. The topological polar surface area (TPSA) is 98.2 Å². The van der Waals surface area contributed by atoms with Gasteiger partial charge in [-0.1, -0.05) is 0 Å². The number of aryl methyl sites for hydroxylation is 1. The lowest BCUT2D eigenvalue weighted by molar-refractivity contribution is -0.144. The SMILES string of the molecule is Cc1cc(NC(C)C(N)=O)n2nc(C(F)(F)F)nc2n1. The van der Waals surface area contributed by atoms with Crippen molar-refractivity contribution in [3.05, 3.63) is 17.6 Å². The maximum absolute atomic E-state index is 12.6. The van der Waals surface area contributed by atoms with E-state index in [4.69, 9.17) is 5.73 Å². The summed E-state index contributed by atoms with van der Waals surface area (Å²) >= 11 is 0. The predicted molar refractivity (Wildman–Crippen MR) is 62.8 cm³/mol. The van der Waals surface area contributed by atoms with Crippen LogP contribution in [-0.2, 0) is 11.0 Å². The van der Waals surface area contributed by atoms with E-state index in [2.05, 4.69) is 20.4 Å². The van der Waals surface area contributed by atoms with E-state index in [1.54, 1.807) is 6.92 Å². The zero-order valence-corrected chi connectivity index (χ0v) is 10.6. The van der Waals surface area contributed by atoms with Crippen molar-refractivity contribution in [3.63, 3.8) is 0 Å². The Morgan fingerprint density at radius 2 is 2.10 bits per heavy atom. The predicted octanol–water partition coefficient (Wildman–Crippen LogP) is 0.737. The Labute approximate surface area is 111 Å². The molecule has 0 aromatic carbocycles. The number of nitrogens with two attached hydrogens (primary N) is 1. The molecule has 1 amide bonds. The molecule has 0 aliphatic carbocycles. The second kappa shape index (κ2) is 4.62. The summed E-state index contributed by atoms with van der Waals surface area (Å²) in [7, 11) is 0. The highest BCUT2D eigenvalue weighted by molar-refractivity contribution is 5.82. The minimum Gasteiger partial charge on any atom is -0.368 e. The standard InChI is InChI=1S/C10H11F3N6O/c1-4-3-6(16-5(2)7(14)20)19-9(15-4)17-8(18-19)10(11,12)13/h3,5,16H,1-2H3,(H2,14,20). The molecule has 0 aliphatic rings. The fraction of sp³-hybridized carbons (Fsp3) is 0.400. The van der Waals surface area contributed by atoms with Crippen LogP contribution in [0.15, 0.2) is 6.07 Å². The molecule has 0 saturated carbocycles. The summed E-state index contributed by atoms with van der Waals surface area (Å²) in [6.45, 7) is 3.06. The summed E-state index contributed by atoms with van der Waals surface area (Å²) in [4.78, 5) is 18.2. The fourth-order valence-corrected chi connectivity index (χ4v) is 1.50. The van der Waals surface area contributed by atoms with E-state index < -0.39 is 23.9 Å². The Morgan fingerprint density at radius 3 is 2.65 bits per heavy atom. The number of hydrogen-bond donors (Lipinski definition) is 2. The third kappa shape index (κ3) is 2.63. The average Bonchev–Trinajstić information content (AvgIpc) is 2.72. The van der Waals surface area contributed by atoms with Crippen molar-refractivity contribution >= 4 is 17.5 Å². The van der Waals surface area contributed by atoms with Gasteiger partial charge in [-0.2, -0.15) is 22.7 Å². The molecule has 7 nitrogen and oxygen atoms in total. The van der Waals surface area contributed by atoms with Crippen LogP contribution in [0.1, 0.15) is 18.4 Å². The van der Waals surface area contributed by atoms with Gasteiger partial charge in [0, 0.05) is 11.8 Å². The molecule has 0 fully saturated rings. The molecule has 0 radical (unpaired) electrons. The summed E-state index contributed by atoms with van der Waals surface area (Å²) in [5.41, 5.74) is 5.53. The number of alkyl halides is 3. The maximum Gasteiger partial charge on any atom is 0.453 e. The minimum absolute atomic E-state index is 0.154. The third-order valence-electron chi connectivity index (χ3n) is 2.48. The highest BCUT2D eigenvalue weighted by atomic mass is 19.4. The zero-order valence-electron chi connectivity index (χ0n) is 10.6. The number of halogens is 3. The van der Waals surface area contributed by atoms with Crippen LogP contribution in [0.3, 0.4) is 0 Å². The first-order valence-corrected chi connectivity index (χ1v) is 5.56. The number of primary amides is 1. The van der Waals surface area contributed by atoms with Gasteiger partial charge in [-0.05, 0) is 13.8 Å². The average molecular weight is 288 g/mol. The Morgan fingerprint density at radius 1 is 1.45 bits per heavy atom. The number of rotatable bonds is 3. The number of nitrogens with one attached hydrogen (secondary N) is 1. The monoisotopic (exact) mass is 288 g/mol. The van der Waals surface area contributed by atoms with Gasteiger partial charge in [0.2, 0.25) is 5.91 Å². The number of fused-ring (bicyclic) bond motifs is 1. The van der Waals surface area contributed by atoms with Gasteiger partial charge in [0.15, 0.2) is 0 Å². The van der Waals surface area contributed by atoms with E-state index in [0.717, 1.165) is 4.52 Å². The van der Waals surface area contributed by atoms with Crippen molar-refractivity contribution < 1.29 is 18.0 Å². The van der Waals surface area contributed by atoms with Crippen molar-refractivity contribution in [2.24, 2.45) is 5.73 Å². The van der Waals surface area contributed by atoms with Crippen LogP contribution in [0.5, 0.6) is 0 Å². The second-order valence-corrected chi connectivity index (χ2v) is 4.20. The molecule has 0 aliphatic heterocycles. The molecule has 2 aromatic heterocycles. The van der Waals surface area contributed by atoms with Crippen molar-refractivity contribution in [1.82, 2.24) is 19.6 Å². The number of carbonyl (C=O) groups excluding carboxylic acids is 1. The molecule has 3 N–H and O–H groups in total. The van der Waals surface area contributed by atoms with E-state index in [1.165, 1.54) is 13.0 Å². The van der Waals surface area contributed by atoms with Crippen LogP contribution in [0.25, 0.3) is 5.78 Å². The molecule has 2 aromatic rings. The van der Waals surface area contributed by atoms with E-state index in [9.17, 15) is 18.0 Å². The van der Waals surface area contributed by atoms with Crippen molar-refractivity contribution in [2.45, 2.75) is 26.1 Å². The summed E-state index contributed by atoms with van der Waals surface area (Å²) in [5.74, 6) is -2.01. The second-order valence-electron chi connectivity index (χ2n) is 4.20. The molecule has 2 heterocycles. The quantitative estimate of drug-likeness (QED) is 0.868. The molecule has 108 valence electrons. The van der Waals surface area contributed by atoms with Gasteiger partial charge < -0.3 is 11.1 Å². The van der Waals surface area contributed by atoms with Crippen molar-refractivity contribution in [3.8, 4) is 0 Å². The van der Waals surface area contributed by atoms with E-state index >= 15 is 0 Å². The molecule has 0 bridgehead atoms. The first-order valence-electron chi connectivity index (χ1n) is 5.56. The third-order valence-corrected chi connectivity index (χ3v) is 2.48. The van der Waals surface area contributed by atoms with Gasteiger partial charge in [-0.25, -0.2) is 4.98 Å². The van der Waals surface area contributed by atoms with Crippen molar-refractivity contribution in [1.29, 1.82) is 0 Å². The summed E-state index contributed by atoms with van der Waals surface area (Å²) in [5, 5.41) is 6.01. The van der Waals surface area contributed by atoms with Gasteiger partial charge in [-0.3, -0.25) is 4.79 Å². The van der Waals surface area contributed by atoms with Crippen LogP contribution in [0, 0.1) is 6.92 Å². The molecular weight excluding hydrogens is 277 g/mol. The molecule has 0 spiro atoms. The van der Waals surface area contributed by atoms with Crippen molar-refractivity contribution in [2.75, 3.05) is 5.32 Å². The van der Waals surface area contributed by atoms with Gasteiger partial charge in [0.25, 0.3) is 11.6 Å². The lowest BCUT2D eigenvalue weighted by Gasteiger charge is -2.12. The maximum atomic E-state index is 12.6. The Kier molecular flexibility index (Phi) is 3.24. The van der Waals surface area contributed by atoms with Crippen LogP contribution >= 0.6 is 0 Å². The van der Waals surface area contributed by atoms with Crippen LogP contribution in [0.4, 0.5) is 19.0 Å². The molecule has 1 atom stereocenters. The number of hydrogen-bond acceptors (Lipinski definition) is 5. The van der Waals surface area contributed by atoms with Gasteiger partial charge in [-0.15, -0.1) is 5.10 Å². The summed E-state index contributed by atoms with van der Waals surface area (Å²) in [6, 6.07) is 0.667. The van der Waals surface area contributed by atoms with Gasteiger partial charge >= 0.3 is 6.18 Å². The normalized spacial score (nSPS) is 13.4. The Balaban J connectivity index is 2.53. The molecule has 10 heteroatoms. The number of amides is 1. The summed E-state index contributed by atoms with van der Waals surface area (Å²) < 4.78 is 38.6. The number of nitrogens with zero attached hydrogens (tertiary/aromatic N) is 4. The minimum atomic E-state index is -4.67. The number of aromatic nitrogens is 4. The molecule has 2 rings (SSSR count). The zero-order chi connectivity index (χ0) is 15.1. The highest BCUT2D eigenvalue weighted by Crippen LogP contribution is 2.27. The van der Waals surface area contributed by atoms with E-state index in [0.29, 0.717) is 5.69 Å². The largest absolute Gasteiger partial charge is 0.453 e. The summed E-state index contributed by atoms with van der Waals surface area (Å²) in [6.07, 6.45) is -4.67. The van der Waals surface area contributed by atoms with Crippen LogP contribution < -0.4 is 11.1 Å². The smallest absolute Gasteiger partial charge is 0.368 e. The Hall–Kier alpha value is -2.39. The van der Waals surface area contributed by atoms with Gasteiger partial charge in [0.05, 0.1) is 0 Å². The van der Waals surface area contributed by atoms with Crippen LogP contribution in [0.2, 0.25) is 0 Å². The number of carbonyl (C=O) groups is 1. The molecule has 0 saturated heterocycles. The molecular formula is C10H11F3N6O. The van der Waals surface area contributed by atoms with Crippen LogP contribution in [-0.4, -0.2) is 31.5 Å². The van der Waals surface area contributed by atoms with E-state index in [-0.39, 0.29) is 11.6 Å². The van der Waals surface area contributed by atoms with Gasteiger partial charge in [0.1, 0.15) is 11.9 Å². The fourth-order valence-electron chi connectivity index (χ4n) is 1.50. The lowest BCUT2D eigenvalue weighted by atomic mass is 10.3. The number of anilines is 1. The van der Waals surface area contributed by atoms with E-state index in [1.807, 2.05) is 0 Å². The first-order chi connectivity index (χ1) is 9.18. The Bertz CT molecular complexity index is 665. The first kappa shape index (κ1) is 14.0.